The Balaban J connectivity index is 1.64. The van der Waals surface area contributed by atoms with Gasteiger partial charge in [-0.1, -0.05) is 41.4 Å². The molecule has 0 fully saturated rings. The van der Waals surface area contributed by atoms with Gasteiger partial charge in [0.15, 0.2) is 5.78 Å². The van der Waals surface area contributed by atoms with Crippen molar-refractivity contribution in [2.24, 2.45) is 5.73 Å². The molecule has 198 valence electrons. The van der Waals surface area contributed by atoms with Crippen LogP contribution in [0.15, 0.2) is 82.2 Å². The number of halogens is 2. The third kappa shape index (κ3) is 5.22. The average molecular weight is 575 g/mol. The zero-order valence-corrected chi connectivity index (χ0v) is 24.5. The lowest BCUT2D eigenvalue weighted by molar-refractivity contribution is -0.116. The molecule has 2 aliphatic rings. The van der Waals surface area contributed by atoms with Gasteiger partial charge in [-0.15, -0.1) is 11.8 Å². The van der Waals surface area contributed by atoms with Crippen molar-refractivity contribution < 1.29 is 4.79 Å². The number of nitrogens with two attached hydrogens (primary N) is 1. The number of Topliss-reactive ketones (excluding diaryl/α,β-unsaturated/α-hetero) is 1. The van der Waals surface area contributed by atoms with Crippen LogP contribution in [-0.2, 0) is 10.5 Å². The summed E-state index contributed by atoms with van der Waals surface area (Å²) in [7, 11) is 0. The lowest BCUT2D eigenvalue weighted by atomic mass is 9.74. The van der Waals surface area contributed by atoms with E-state index in [2.05, 4.69) is 25.1 Å². The number of nitrogens with zero attached hydrogens (tertiary/aromatic N) is 2. The first-order valence-corrected chi connectivity index (χ1v) is 14.6. The fourth-order valence-electron chi connectivity index (χ4n) is 5.57. The smallest absolute Gasteiger partial charge is 0.161 e. The van der Waals surface area contributed by atoms with Crippen LogP contribution >= 0.6 is 35.0 Å². The number of aryl methyl sites for hydroxylation is 3. The minimum Gasteiger partial charge on any atom is -0.384 e. The number of rotatable bonds is 5. The Morgan fingerprint density at radius 1 is 0.974 bits per heavy atom. The number of thioether (sulfide) groups is 1. The second kappa shape index (κ2) is 11.1. The minimum absolute atomic E-state index is 0.0724. The van der Waals surface area contributed by atoms with Crippen LogP contribution in [0.4, 0.5) is 5.69 Å². The number of hydrogen-bond donors (Lipinski definition) is 1. The minimum atomic E-state index is -0.506. The van der Waals surface area contributed by atoms with Gasteiger partial charge in [0.2, 0.25) is 0 Å². The Bertz CT molecular complexity index is 1580. The molecule has 0 radical (unpaired) electrons. The van der Waals surface area contributed by atoms with Gasteiger partial charge in [-0.05, 0) is 97.8 Å². The number of benzene rings is 3. The van der Waals surface area contributed by atoms with E-state index < -0.39 is 5.92 Å². The predicted molar refractivity (Wildman–Crippen MR) is 161 cm³/mol. The van der Waals surface area contributed by atoms with E-state index in [4.69, 9.17) is 28.9 Å². The quantitative estimate of drug-likeness (QED) is 0.310. The molecular formula is C32H29Cl2N3OS. The van der Waals surface area contributed by atoms with Crippen molar-refractivity contribution >= 4 is 46.4 Å². The summed E-state index contributed by atoms with van der Waals surface area (Å²) in [5.74, 6) is 0.678. The Hall–Kier alpha value is -3.17. The van der Waals surface area contributed by atoms with E-state index in [1.165, 1.54) is 5.56 Å². The molecule has 0 spiro atoms. The molecule has 3 aromatic carbocycles. The monoisotopic (exact) mass is 573 g/mol. The fourth-order valence-corrected chi connectivity index (χ4v) is 6.82. The first-order chi connectivity index (χ1) is 18.7. The van der Waals surface area contributed by atoms with E-state index >= 15 is 0 Å². The molecule has 1 atom stereocenters. The molecule has 1 heterocycles. The summed E-state index contributed by atoms with van der Waals surface area (Å²) in [5.41, 5.74) is 14.8. The summed E-state index contributed by atoms with van der Waals surface area (Å²) in [4.78, 5) is 16.6. The zero-order valence-electron chi connectivity index (χ0n) is 22.1. The van der Waals surface area contributed by atoms with Crippen LogP contribution in [0.1, 0.15) is 53.0 Å². The highest BCUT2D eigenvalue weighted by Crippen LogP contribution is 2.48. The Morgan fingerprint density at radius 3 is 2.41 bits per heavy atom. The van der Waals surface area contributed by atoms with Crippen molar-refractivity contribution in [2.75, 3.05) is 4.90 Å². The number of hydrogen-bond acceptors (Lipinski definition) is 5. The molecule has 39 heavy (non-hydrogen) atoms. The molecular weight excluding hydrogens is 545 g/mol. The topological polar surface area (TPSA) is 70.1 Å². The van der Waals surface area contributed by atoms with Crippen LogP contribution in [0.2, 0.25) is 10.0 Å². The predicted octanol–water partition coefficient (Wildman–Crippen LogP) is 8.52. The third-order valence-electron chi connectivity index (χ3n) is 7.57. The van der Waals surface area contributed by atoms with Crippen LogP contribution < -0.4 is 10.6 Å². The SMILES string of the molecule is Cc1cc(C)c(C2C(C#N)=C(N)N(c3cc(Cl)ccc3C)C3=C2C(=O)CCC3)cc1CSc1ccc(Cl)cc1. The summed E-state index contributed by atoms with van der Waals surface area (Å²) in [6.07, 6.45) is 1.90. The van der Waals surface area contributed by atoms with E-state index in [0.29, 0.717) is 39.9 Å². The van der Waals surface area contributed by atoms with Crippen LogP contribution in [0.25, 0.3) is 0 Å². The molecule has 2 N–H and O–H groups in total. The number of allylic oxidation sites excluding steroid dienone is 3. The number of carbonyl (C=O) groups excluding carboxylic acids is 1. The van der Waals surface area contributed by atoms with Crippen molar-refractivity contribution in [1.29, 1.82) is 5.26 Å². The molecule has 1 unspecified atom stereocenters. The van der Waals surface area contributed by atoms with Gasteiger partial charge in [-0.2, -0.15) is 5.26 Å². The molecule has 4 nitrogen and oxygen atoms in total. The molecule has 5 rings (SSSR count). The Kier molecular flexibility index (Phi) is 7.82. The van der Waals surface area contributed by atoms with Crippen molar-refractivity contribution in [1.82, 2.24) is 0 Å². The number of anilines is 1. The van der Waals surface area contributed by atoms with Gasteiger partial charge in [-0.25, -0.2) is 0 Å². The van der Waals surface area contributed by atoms with E-state index in [-0.39, 0.29) is 5.78 Å². The summed E-state index contributed by atoms with van der Waals surface area (Å²) in [6, 6.07) is 20.1. The first-order valence-electron chi connectivity index (χ1n) is 12.9. The Labute approximate surface area is 244 Å². The molecule has 0 amide bonds. The van der Waals surface area contributed by atoms with Crippen molar-refractivity contribution in [3.63, 3.8) is 0 Å². The van der Waals surface area contributed by atoms with Gasteiger partial charge in [0.25, 0.3) is 0 Å². The molecule has 7 heteroatoms. The van der Waals surface area contributed by atoms with Crippen molar-refractivity contribution in [2.45, 2.75) is 56.6 Å². The molecule has 0 bridgehead atoms. The normalized spacial score (nSPS) is 17.4. The highest BCUT2D eigenvalue weighted by molar-refractivity contribution is 7.98. The summed E-state index contributed by atoms with van der Waals surface area (Å²) >= 11 is 14.2. The summed E-state index contributed by atoms with van der Waals surface area (Å²) < 4.78 is 0. The Morgan fingerprint density at radius 2 is 1.69 bits per heavy atom. The van der Waals surface area contributed by atoms with Crippen molar-refractivity contribution in [3.05, 3.63) is 115 Å². The van der Waals surface area contributed by atoms with E-state index in [1.54, 1.807) is 11.8 Å². The second-order valence-electron chi connectivity index (χ2n) is 10.1. The number of carbonyl (C=O) groups is 1. The third-order valence-corrected chi connectivity index (χ3v) is 9.12. The van der Waals surface area contributed by atoms with Gasteiger partial charge < -0.3 is 5.73 Å². The van der Waals surface area contributed by atoms with Crippen LogP contribution in [0.3, 0.4) is 0 Å². The van der Waals surface area contributed by atoms with Crippen molar-refractivity contribution in [3.8, 4) is 6.07 Å². The summed E-state index contributed by atoms with van der Waals surface area (Å²) in [6.45, 7) is 6.13. The van der Waals surface area contributed by atoms with Crippen LogP contribution in [0, 0.1) is 32.1 Å². The lowest BCUT2D eigenvalue weighted by Gasteiger charge is -2.40. The van der Waals surface area contributed by atoms with E-state index in [0.717, 1.165) is 50.7 Å². The fraction of sp³-hybridized carbons (Fsp3) is 0.250. The van der Waals surface area contributed by atoms with Gasteiger partial charge in [-0.3, -0.25) is 9.69 Å². The molecule has 3 aromatic rings. The number of nitriles is 1. The van der Waals surface area contributed by atoms with Gasteiger partial charge >= 0.3 is 0 Å². The summed E-state index contributed by atoms with van der Waals surface area (Å²) in [5, 5.41) is 11.7. The molecule has 1 aliphatic carbocycles. The molecule has 0 saturated carbocycles. The second-order valence-corrected chi connectivity index (χ2v) is 12.0. The van der Waals surface area contributed by atoms with Crippen LogP contribution in [-0.4, -0.2) is 5.78 Å². The standard InChI is InChI=1S/C32H29Cl2N3OS/c1-18-7-8-23(34)15-28(18)37-27-5-4-6-29(38)31(27)30(26(16-35)32(37)36)25-14-21(19(2)13-20(25)3)17-39-24-11-9-22(33)10-12-24/h7-15,30H,4-6,17,36H2,1-3H3. The molecule has 0 saturated heterocycles. The maximum Gasteiger partial charge on any atom is 0.161 e. The zero-order chi connectivity index (χ0) is 27.8. The van der Waals surface area contributed by atoms with Gasteiger partial charge in [0.1, 0.15) is 5.82 Å². The highest BCUT2D eigenvalue weighted by Gasteiger charge is 2.41. The van der Waals surface area contributed by atoms with Gasteiger partial charge in [0, 0.05) is 38.4 Å². The lowest BCUT2D eigenvalue weighted by Crippen LogP contribution is -2.39. The van der Waals surface area contributed by atoms with E-state index in [1.807, 2.05) is 61.2 Å². The molecule has 0 aromatic heterocycles. The van der Waals surface area contributed by atoms with E-state index in [9.17, 15) is 10.1 Å². The maximum atomic E-state index is 13.6. The first kappa shape index (κ1) is 27.4. The average Bonchev–Trinajstić information content (AvgIpc) is 2.90. The largest absolute Gasteiger partial charge is 0.384 e. The highest BCUT2D eigenvalue weighted by atomic mass is 35.5. The van der Waals surface area contributed by atoms with Crippen LogP contribution in [0.5, 0.6) is 0 Å². The maximum absolute atomic E-state index is 13.6. The molecule has 1 aliphatic heterocycles. The van der Waals surface area contributed by atoms with Gasteiger partial charge in [0.05, 0.1) is 23.2 Å². The number of ketones is 1.